The van der Waals surface area contributed by atoms with Gasteiger partial charge in [0, 0.05) is 13.1 Å². The molecule has 1 atom stereocenters. The maximum absolute atomic E-state index is 12.0. The quantitative estimate of drug-likeness (QED) is 0.923. The normalized spacial score (nSPS) is 18.6. The molecule has 0 spiro atoms. The first-order valence-corrected chi connectivity index (χ1v) is 6.83. The molecule has 1 saturated heterocycles. The Morgan fingerprint density at radius 2 is 2.15 bits per heavy atom. The van der Waals surface area contributed by atoms with Crippen LogP contribution in [0.4, 0.5) is 0 Å². The van der Waals surface area contributed by atoms with Crippen molar-refractivity contribution in [2.45, 2.75) is 12.8 Å². The van der Waals surface area contributed by atoms with Crippen molar-refractivity contribution >= 4 is 23.5 Å². The zero-order valence-electron chi connectivity index (χ0n) is 10.9. The van der Waals surface area contributed by atoms with E-state index in [4.69, 9.17) is 21.4 Å². The number of hydrogen-bond donors (Lipinski definition) is 1. The van der Waals surface area contributed by atoms with Crippen LogP contribution in [-0.4, -0.2) is 41.6 Å². The Morgan fingerprint density at radius 1 is 1.40 bits per heavy atom. The van der Waals surface area contributed by atoms with Crippen molar-refractivity contribution in [2.75, 3.05) is 19.7 Å². The SMILES string of the molecule is O=C(O)[C@H]1CCCN(C(=O)COc2ccccc2Cl)C1. The molecule has 1 aromatic rings. The molecule has 6 heteroatoms. The molecule has 0 saturated carbocycles. The van der Waals surface area contributed by atoms with Crippen molar-refractivity contribution in [2.24, 2.45) is 5.92 Å². The van der Waals surface area contributed by atoms with Crippen LogP contribution in [0, 0.1) is 5.92 Å². The number of hydrogen-bond acceptors (Lipinski definition) is 3. The summed E-state index contributed by atoms with van der Waals surface area (Å²) in [6.07, 6.45) is 1.32. The maximum atomic E-state index is 12.0. The second-order valence-corrected chi connectivity index (χ2v) is 5.14. The van der Waals surface area contributed by atoms with Crippen molar-refractivity contribution in [1.82, 2.24) is 4.90 Å². The highest BCUT2D eigenvalue weighted by molar-refractivity contribution is 6.32. The number of carbonyl (C=O) groups excluding carboxylic acids is 1. The van der Waals surface area contributed by atoms with Crippen LogP contribution < -0.4 is 4.74 Å². The monoisotopic (exact) mass is 297 g/mol. The number of piperidine rings is 1. The van der Waals surface area contributed by atoms with Crippen molar-refractivity contribution < 1.29 is 19.4 Å². The predicted octanol–water partition coefficient (Wildman–Crippen LogP) is 2.04. The molecule has 1 aliphatic heterocycles. The summed E-state index contributed by atoms with van der Waals surface area (Å²) in [5, 5.41) is 9.44. The van der Waals surface area contributed by atoms with Crippen LogP contribution >= 0.6 is 11.6 Å². The molecule has 0 unspecified atom stereocenters. The Morgan fingerprint density at radius 3 is 2.85 bits per heavy atom. The van der Waals surface area contributed by atoms with Gasteiger partial charge in [0.2, 0.25) is 0 Å². The molecule has 1 fully saturated rings. The third kappa shape index (κ3) is 3.63. The van der Waals surface area contributed by atoms with Crippen molar-refractivity contribution in [3.05, 3.63) is 29.3 Å². The average molecular weight is 298 g/mol. The molecule has 1 aromatic carbocycles. The zero-order chi connectivity index (χ0) is 14.5. The predicted molar refractivity (Wildman–Crippen MR) is 73.9 cm³/mol. The summed E-state index contributed by atoms with van der Waals surface area (Å²) >= 11 is 5.93. The summed E-state index contributed by atoms with van der Waals surface area (Å²) in [5.74, 6) is -1.09. The largest absolute Gasteiger partial charge is 0.482 e. The van der Waals surface area contributed by atoms with Crippen LogP contribution in [0.15, 0.2) is 24.3 Å². The maximum Gasteiger partial charge on any atom is 0.308 e. The van der Waals surface area contributed by atoms with Crippen LogP contribution in [0.2, 0.25) is 5.02 Å². The lowest BCUT2D eigenvalue weighted by molar-refractivity contribution is -0.146. The first-order valence-electron chi connectivity index (χ1n) is 6.46. The molecule has 1 N–H and O–H groups in total. The number of ether oxygens (including phenoxy) is 1. The molecule has 5 nitrogen and oxygen atoms in total. The fraction of sp³-hybridized carbons (Fsp3) is 0.429. The first kappa shape index (κ1) is 14.7. The Hall–Kier alpha value is -1.75. The molecule has 1 heterocycles. The zero-order valence-corrected chi connectivity index (χ0v) is 11.7. The van der Waals surface area contributed by atoms with E-state index in [1.165, 1.54) is 0 Å². The second kappa shape index (κ2) is 6.61. The van der Waals surface area contributed by atoms with Crippen LogP contribution in [0.1, 0.15) is 12.8 Å². The molecule has 0 bridgehead atoms. The molecule has 20 heavy (non-hydrogen) atoms. The van der Waals surface area contributed by atoms with E-state index in [9.17, 15) is 9.59 Å². The van der Waals surface area contributed by atoms with Gasteiger partial charge < -0.3 is 14.7 Å². The second-order valence-electron chi connectivity index (χ2n) is 4.74. The third-order valence-electron chi connectivity index (χ3n) is 3.31. The molecule has 108 valence electrons. The Balaban J connectivity index is 1.89. The van der Waals surface area contributed by atoms with E-state index < -0.39 is 11.9 Å². The van der Waals surface area contributed by atoms with Gasteiger partial charge >= 0.3 is 5.97 Å². The van der Waals surface area contributed by atoms with Gasteiger partial charge in [-0.25, -0.2) is 0 Å². The van der Waals surface area contributed by atoms with Gasteiger partial charge in [-0.05, 0) is 25.0 Å². The number of amides is 1. The van der Waals surface area contributed by atoms with Gasteiger partial charge in [0.25, 0.3) is 5.91 Å². The number of nitrogens with zero attached hydrogens (tertiary/aromatic N) is 1. The van der Waals surface area contributed by atoms with E-state index >= 15 is 0 Å². The van der Waals surface area contributed by atoms with E-state index in [0.717, 1.165) is 0 Å². The lowest BCUT2D eigenvalue weighted by Gasteiger charge is -2.30. The van der Waals surface area contributed by atoms with E-state index in [1.807, 2.05) is 0 Å². The van der Waals surface area contributed by atoms with Gasteiger partial charge in [-0.1, -0.05) is 23.7 Å². The molecular weight excluding hydrogens is 282 g/mol. The third-order valence-corrected chi connectivity index (χ3v) is 3.62. The summed E-state index contributed by atoms with van der Waals surface area (Å²) in [6.45, 7) is 0.699. The molecule has 2 rings (SSSR count). The Bertz CT molecular complexity index is 506. The minimum Gasteiger partial charge on any atom is -0.482 e. The number of carboxylic acids is 1. The van der Waals surface area contributed by atoms with Crippen LogP contribution in [0.5, 0.6) is 5.75 Å². The van der Waals surface area contributed by atoms with E-state index in [-0.39, 0.29) is 19.1 Å². The van der Waals surface area contributed by atoms with Crippen LogP contribution in [0.3, 0.4) is 0 Å². The number of carbonyl (C=O) groups is 2. The number of rotatable bonds is 4. The van der Waals surface area contributed by atoms with Crippen LogP contribution in [-0.2, 0) is 9.59 Å². The van der Waals surface area contributed by atoms with Gasteiger partial charge in [0.15, 0.2) is 6.61 Å². The molecule has 0 aliphatic carbocycles. The van der Waals surface area contributed by atoms with Crippen molar-refractivity contribution in [3.8, 4) is 5.75 Å². The van der Waals surface area contributed by atoms with Gasteiger partial charge in [0.1, 0.15) is 5.75 Å². The summed E-state index contributed by atoms with van der Waals surface area (Å²) in [7, 11) is 0. The highest BCUT2D eigenvalue weighted by Crippen LogP contribution is 2.23. The minimum absolute atomic E-state index is 0.129. The lowest BCUT2D eigenvalue weighted by atomic mass is 9.98. The van der Waals surface area contributed by atoms with Gasteiger partial charge in [-0.15, -0.1) is 0 Å². The highest BCUT2D eigenvalue weighted by Gasteiger charge is 2.28. The van der Waals surface area contributed by atoms with E-state index in [1.54, 1.807) is 29.2 Å². The lowest BCUT2D eigenvalue weighted by Crippen LogP contribution is -2.44. The molecule has 1 aliphatic rings. The fourth-order valence-corrected chi connectivity index (χ4v) is 2.39. The molecule has 0 radical (unpaired) electrons. The van der Waals surface area contributed by atoms with Crippen molar-refractivity contribution in [1.29, 1.82) is 0 Å². The number of para-hydroxylation sites is 1. The summed E-state index contributed by atoms with van der Waals surface area (Å²) in [4.78, 5) is 24.5. The number of carboxylic acid groups (broad SMARTS) is 1. The van der Waals surface area contributed by atoms with Crippen molar-refractivity contribution in [3.63, 3.8) is 0 Å². The van der Waals surface area contributed by atoms with Gasteiger partial charge in [-0.2, -0.15) is 0 Å². The molecule has 1 amide bonds. The minimum atomic E-state index is -0.852. The van der Waals surface area contributed by atoms with Gasteiger partial charge in [-0.3, -0.25) is 9.59 Å². The molecular formula is C14H16ClNO4. The summed E-state index contributed by atoms with van der Waals surface area (Å²) in [5.41, 5.74) is 0. The number of benzene rings is 1. The first-order chi connectivity index (χ1) is 9.58. The topological polar surface area (TPSA) is 66.8 Å². The number of halogens is 1. The highest BCUT2D eigenvalue weighted by atomic mass is 35.5. The Labute approximate surface area is 122 Å². The summed E-state index contributed by atoms with van der Waals surface area (Å²) < 4.78 is 5.38. The van der Waals surface area contributed by atoms with E-state index in [0.29, 0.717) is 30.2 Å². The Kier molecular flexibility index (Phi) is 4.84. The van der Waals surface area contributed by atoms with Crippen LogP contribution in [0.25, 0.3) is 0 Å². The molecule has 0 aromatic heterocycles. The summed E-state index contributed by atoms with van der Waals surface area (Å²) in [6, 6.07) is 6.92. The number of likely N-dealkylation sites (tertiary alicyclic amines) is 1. The average Bonchev–Trinajstić information content (AvgIpc) is 2.46. The smallest absolute Gasteiger partial charge is 0.308 e. The number of aliphatic carboxylic acids is 1. The van der Waals surface area contributed by atoms with E-state index in [2.05, 4.69) is 0 Å². The van der Waals surface area contributed by atoms with Gasteiger partial charge in [0.05, 0.1) is 10.9 Å². The fourth-order valence-electron chi connectivity index (χ4n) is 2.20. The standard InChI is InChI=1S/C14H16ClNO4/c15-11-5-1-2-6-12(11)20-9-13(17)16-7-3-4-10(8-16)14(18)19/h1-2,5-6,10H,3-4,7-9H2,(H,18,19)/t10-/m0/s1.